The van der Waals surface area contributed by atoms with E-state index in [4.69, 9.17) is 5.26 Å². The van der Waals surface area contributed by atoms with Crippen molar-refractivity contribution in [2.75, 3.05) is 6.54 Å². The lowest BCUT2D eigenvalue weighted by molar-refractivity contribution is -0.122. The van der Waals surface area contributed by atoms with Gasteiger partial charge < -0.3 is 5.32 Å². The number of carbonyl (C=O) groups excluding carboxylic acids is 1. The predicted molar refractivity (Wildman–Crippen MR) is 72.0 cm³/mol. The molecule has 18 heavy (non-hydrogen) atoms. The number of hydrogen-bond acceptors (Lipinski definition) is 2. The van der Waals surface area contributed by atoms with E-state index in [0.717, 1.165) is 5.56 Å². The Bertz CT molecular complexity index is 449. The summed E-state index contributed by atoms with van der Waals surface area (Å²) in [6, 6.07) is 9.21. The molecule has 1 atom stereocenters. The lowest BCUT2D eigenvalue weighted by Gasteiger charge is -2.20. The van der Waals surface area contributed by atoms with E-state index in [-0.39, 0.29) is 17.2 Å². The maximum atomic E-state index is 12.0. The summed E-state index contributed by atoms with van der Waals surface area (Å²) in [5.74, 6) is -0.172. The number of benzene rings is 1. The summed E-state index contributed by atoms with van der Waals surface area (Å²) in [5, 5.41) is 11.7. The summed E-state index contributed by atoms with van der Waals surface area (Å²) < 4.78 is 0. The van der Waals surface area contributed by atoms with Gasteiger partial charge in [-0.15, -0.1) is 0 Å². The third kappa shape index (κ3) is 4.21. The summed E-state index contributed by atoms with van der Waals surface area (Å²) in [5.41, 5.74) is 1.63. The Hall–Kier alpha value is -1.82. The zero-order valence-electron chi connectivity index (χ0n) is 11.4. The molecule has 0 saturated heterocycles. The van der Waals surface area contributed by atoms with Crippen molar-refractivity contribution < 1.29 is 4.79 Å². The van der Waals surface area contributed by atoms with Gasteiger partial charge >= 0.3 is 0 Å². The van der Waals surface area contributed by atoms with Crippen LogP contribution >= 0.6 is 0 Å². The van der Waals surface area contributed by atoms with Crippen molar-refractivity contribution in [3.05, 3.63) is 35.4 Å². The molecule has 3 heteroatoms. The summed E-state index contributed by atoms with van der Waals surface area (Å²) in [4.78, 5) is 12.0. The molecule has 3 nitrogen and oxygen atoms in total. The molecule has 1 amide bonds. The van der Waals surface area contributed by atoms with Crippen LogP contribution in [0.4, 0.5) is 0 Å². The molecule has 1 rings (SSSR count). The van der Waals surface area contributed by atoms with Crippen molar-refractivity contribution >= 4 is 5.91 Å². The summed E-state index contributed by atoms with van der Waals surface area (Å²) in [6.45, 7) is 8.78. The van der Waals surface area contributed by atoms with Gasteiger partial charge in [-0.25, -0.2) is 0 Å². The summed E-state index contributed by atoms with van der Waals surface area (Å²) >= 11 is 0. The zero-order chi connectivity index (χ0) is 13.8. The van der Waals surface area contributed by atoms with Gasteiger partial charge in [-0.1, -0.05) is 32.9 Å². The Morgan fingerprint density at radius 3 is 2.33 bits per heavy atom. The Labute approximate surface area is 109 Å². The topological polar surface area (TPSA) is 52.9 Å². The average Bonchev–Trinajstić information content (AvgIpc) is 2.34. The van der Waals surface area contributed by atoms with E-state index in [2.05, 4.69) is 32.2 Å². The van der Waals surface area contributed by atoms with Crippen molar-refractivity contribution in [1.82, 2.24) is 5.32 Å². The van der Waals surface area contributed by atoms with Crippen molar-refractivity contribution in [3.8, 4) is 6.07 Å². The van der Waals surface area contributed by atoms with Crippen LogP contribution in [0.5, 0.6) is 0 Å². The summed E-state index contributed by atoms with van der Waals surface area (Å²) in [7, 11) is 0. The monoisotopic (exact) mass is 244 g/mol. The van der Waals surface area contributed by atoms with Crippen LogP contribution in [0, 0.1) is 16.7 Å². The molecule has 96 valence electrons. The third-order valence-electron chi connectivity index (χ3n) is 2.73. The Kier molecular flexibility index (Phi) is 4.49. The van der Waals surface area contributed by atoms with Crippen molar-refractivity contribution in [3.63, 3.8) is 0 Å². The first-order valence-electron chi connectivity index (χ1n) is 6.11. The van der Waals surface area contributed by atoms with Crippen molar-refractivity contribution in [2.45, 2.75) is 33.6 Å². The maximum absolute atomic E-state index is 12.0. The van der Waals surface area contributed by atoms with Gasteiger partial charge in [0.05, 0.1) is 17.6 Å². The van der Waals surface area contributed by atoms with Crippen LogP contribution in [0.1, 0.15) is 44.7 Å². The number of rotatable bonds is 3. The molecule has 0 saturated carbocycles. The van der Waals surface area contributed by atoms with Crippen LogP contribution in [0.3, 0.4) is 0 Å². The highest BCUT2D eigenvalue weighted by molar-refractivity contribution is 5.83. The molecule has 0 heterocycles. The van der Waals surface area contributed by atoms with Gasteiger partial charge in [0.1, 0.15) is 0 Å². The highest BCUT2D eigenvalue weighted by Crippen LogP contribution is 2.17. The Balaban J connectivity index is 2.66. The third-order valence-corrected chi connectivity index (χ3v) is 2.73. The smallest absolute Gasteiger partial charge is 0.227 e. The van der Waals surface area contributed by atoms with Gasteiger partial charge in [0, 0.05) is 6.54 Å². The normalized spacial score (nSPS) is 12.6. The van der Waals surface area contributed by atoms with E-state index >= 15 is 0 Å². The van der Waals surface area contributed by atoms with Gasteiger partial charge in [-0.3, -0.25) is 4.79 Å². The van der Waals surface area contributed by atoms with E-state index in [1.54, 1.807) is 12.1 Å². The fraction of sp³-hybridized carbons (Fsp3) is 0.467. The van der Waals surface area contributed by atoms with Gasteiger partial charge in [0.15, 0.2) is 0 Å². The number of nitrogens with zero attached hydrogens (tertiary/aromatic N) is 1. The molecule has 0 fully saturated rings. The second kappa shape index (κ2) is 5.68. The standard InChI is InChI=1S/C15H20N2O/c1-11(14(18)17-10-15(2,3)4)13-7-5-12(9-16)6-8-13/h5-8,11H,10H2,1-4H3,(H,17,18). The van der Waals surface area contributed by atoms with Gasteiger partial charge in [-0.05, 0) is 30.0 Å². The number of hydrogen-bond donors (Lipinski definition) is 1. The minimum Gasteiger partial charge on any atom is -0.355 e. The highest BCUT2D eigenvalue weighted by Gasteiger charge is 2.17. The zero-order valence-corrected chi connectivity index (χ0v) is 11.4. The second-order valence-electron chi connectivity index (χ2n) is 5.73. The lowest BCUT2D eigenvalue weighted by atomic mass is 9.95. The van der Waals surface area contributed by atoms with Crippen LogP contribution in [-0.4, -0.2) is 12.5 Å². The van der Waals surface area contributed by atoms with Gasteiger partial charge in [0.25, 0.3) is 0 Å². The van der Waals surface area contributed by atoms with E-state index in [1.165, 1.54) is 0 Å². The fourth-order valence-corrected chi connectivity index (χ4v) is 1.50. The first kappa shape index (κ1) is 14.2. The van der Waals surface area contributed by atoms with E-state index in [0.29, 0.717) is 12.1 Å². The van der Waals surface area contributed by atoms with Crippen LogP contribution in [0.2, 0.25) is 0 Å². The maximum Gasteiger partial charge on any atom is 0.227 e. The number of nitriles is 1. The molecule has 1 unspecified atom stereocenters. The quantitative estimate of drug-likeness (QED) is 0.888. The molecule has 0 aromatic heterocycles. The SMILES string of the molecule is CC(C(=O)NCC(C)(C)C)c1ccc(C#N)cc1. The molecule has 0 aliphatic carbocycles. The predicted octanol–water partition coefficient (Wildman–Crippen LogP) is 2.82. The second-order valence-corrected chi connectivity index (χ2v) is 5.73. The van der Waals surface area contributed by atoms with E-state index in [9.17, 15) is 4.79 Å². The highest BCUT2D eigenvalue weighted by atomic mass is 16.1. The summed E-state index contributed by atoms with van der Waals surface area (Å²) in [6.07, 6.45) is 0. The molecule has 1 aromatic rings. The molecular weight excluding hydrogens is 224 g/mol. The average molecular weight is 244 g/mol. The number of amides is 1. The first-order chi connectivity index (χ1) is 8.33. The largest absolute Gasteiger partial charge is 0.355 e. The van der Waals surface area contributed by atoms with Crippen molar-refractivity contribution in [1.29, 1.82) is 5.26 Å². The number of carbonyl (C=O) groups is 1. The molecule has 0 bridgehead atoms. The van der Waals surface area contributed by atoms with Crippen LogP contribution in [-0.2, 0) is 4.79 Å². The molecule has 1 N–H and O–H groups in total. The minimum atomic E-state index is -0.194. The molecule has 0 radical (unpaired) electrons. The van der Waals surface area contributed by atoms with Gasteiger partial charge in [-0.2, -0.15) is 5.26 Å². The molecule has 1 aromatic carbocycles. The lowest BCUT2D eigenvalue weighted by Crippen LogP contribution is -2.34. The van der Waals surface area contributed by atoms with Crippen LogP contribution in [0.25, 0.3) is 0 Å². The minimum absolute atomic E-state index is 0.0228. The fourth-order valence-electron chi connectivity index (χ4n) is 1.50. The Morgan fingerprint density at radius 1 is 1.33 bits per heavy atom. The number of nitrogens with one attached hydrogen (secondary N) is 1. The Morgan fingerprint density at radius 2 is 1.89 bits per heavy atom. The molecule has 0 aliphatic rings. The molecular formula is C15H20N2O. The van der Waals surface area contributed by atoms with Gasteiger partial charge in [0.2, 0.25) is 5.91 Å². The van der Waals surface area contributed by atoms with E-state index < -0.39 is 0 Å². The molecule has 0 aliphatic heterocycles. The van der Waals surface area contributed by atoms with Crippen molar-refractivity contribution in [2.24, 2.45) is 5.41 Å². The van der Waals surface area contributed by atoms with E-state index in [1.807, 2.05) is 19.1 Å². The van der Waals surface area contributed by atoms with Crippen LogP contribution < -0.4 is 5.32 Å². The van der Waals surface area contributed by atoms with Crippen LogP contribution in [0.15, 0.2) is 24.3 Å². The molecule has 0 spiro atoms. The first-order valence-corrected chi connectivity index (χ1v) is 6.11.